The maximum atomic E-state index is 12.1. The van der Waals surface area contributed by atoms with Crippen LogP contribution in [-0.2, 0) is 16.0 Å². The predicted molar refractivity (Wildman–Crippen MR) is 83.5 cm³/mol. The van der Waals surface area contributed by atoms with E-state index in [0.29, 0.717) is 26.1 Å². The van der Waals surface area contributed by atoms with Gasteiger partial charge >= 0.3 is 0 Å². The molecule has 6 nitrogen and oxygen atoms in total. The first-order valence-electron chi connectivity index (χ1n) is 7.49. The lowest BCUT2D eigenvalue weighted by Crippen LogP contribution is -2.55. The maximum Gasteiger partial charge on any atom is 0.239 e. The van der Waals surface area contributed by atoms with Crippen LogP contribution < -0.4 is 20.1 Å². The van der Waals surface area contributed by atoms with Crippen LogP contribution in [0.15, 0.2) is 18.2 Å². The molecular weight excluding hydrogens is 284 g/mol. The van der Waals surface area contributed by atoms with E-state index in [9.17, 15) is 4.79 Å². The third-order valence-corrected chi connectivity index (χ3v) is 3.79. The third kappa shape index (κ3) is 4.11. The molecule has 0 aromatic heterocycles. The Kier molecular flexibility index (Phi) is 6.03. The molecular formula is C16H24N2O4. The lowest BCUT2D eigenvalue weighted by Gasteiger charge is -2.29. The summed E-state index contributed by atoms with van der Waals surface area (Å²) in [6.45, 7) is 3.80. The average Bonchev–Trinajstić information content (AvgIpc) is 2.55. The normalized spacial score (nSPS) is 21.2. The second kappa shape index (κ2) is 8.00. The molecule has 0 aliphatic carbocycles. The van der Waals surface area contributed by atoms with E-state index in [1.54, 1.807) is 14.2 Å². The highest BCUT2D eigenvalue weighted by Gasteiger charge is 2.27. The van der Waals surface area contributed by atoms with E-state index in [2.05, 4.69) is 10.6 Å². The number of nitrogens with one attached hydrogen (secondary N) is 2. The molecule has 6 heteroatoms. The lowest BCUT2D eigenvalue weighted by molar-refractivity contribution is -0.128. The molecule has 1 saturated heterocycles. The summed E-state index contributed by atoms with van der Waals surface area (Å²) >= 11 is 0. The van der Waals surface area contributed by atoms with Crippen molar-refractivity contribution in [2.75, 3.05) is 33.9 Å². The van der Waals surface area contributed by atoms with Crippen LogP contribution in [0.4, 0.5) is 0 Å². The molecule has 0 radical (unpaired) electrons. The van der Waals surface area contributed by atoms with Crippen molar-refractivity contribution in [3.05, 3.63) is 23.8 Å². The molecule has 0 saturated carbocycles. The standard InChI is InChI=1S/C16H24N2O4/c1-11-15(17-8-9-22-11)16(19)18-7-6-12-4-5-13(20-2)10-14(12)21-3/h4-5,10-11,15,17H,6-9H2,1-3H3,(H,18,19)/t11-,15+/m1/s1. The predicted octanol–water partition coefficient (Wildman–Crippen LogP) is 0.739. The number of carbonyl (C=O) groups is 1. The quantitative estimate of drug-likeness (QED) is 0.811. The van der Waals surface area contributed by atoms with Crippen molar-refractivity contribution in [3.8, 4) is 11.5 Å². The van der Waals surface area contributed by atoms with Crippen LogP contribution in [0.25, 0.3) is 0 Å². The molecule has 2 rings (SSSR count). The Morgan fingerprint density at radius 3 is 2.91 bits per heavy atom. The zero-order chi connectivity index (χ0) is 15.9. The smallest absolute Gasteiger partial charge is 0.239 e. The highest BCUT2D eigenvalue weighted by molar-refractivity contribution is 5.82. The van der Waals surface area contributed by atoms with Gasteiger partial charge in [-0.05, 0) is 25.0 Å². The van der Waals surface area contributed by atoms with Gasteiger partial charge in [0, 0.05) is 19.2 Å². The van der Waals surface area contributed by atoms with Crippen molar-refractivity contribution in [3.63, 3.8) is 0 Å². The fourth-order valence-corrected chi connectivity index (χ4v) is 2.52. The van der Waals surface area contributed by atoms with Crippen molar-refractivity contribution in [1.82, 2.24) is 10.6 Å². The van der Waals surface area contributed by atoms with E-state index in [-0.39, 0.29) is 18.1 Å². The Balaban J connectivity index is 1.86. The minimum Gasteiger partial charge on any atom is -0.497 e. The molecule has 2 N–H and O–H groups in total. The van der Waals surface area contributed by atoms with E-state index < -0.39 is 0 Å². The van der Waals surface area contributed by atoms with E-state index in [1.165, 1.54) is 0 Å². The van der Waals surface area contributed by atoms with Crippen LogP contribution in [-0.4, -0.2) is 52.0 Å². The van der Waals surface area contributed by atoms with Crippen molar-refractivity contribution in [1.29, 1.82) is 0 Å². The van der Waals surface area contributed by atoms with Crippen molar-refractivity contribution in [2.45, 2.75) is 25.5 Å². The Morgan fingerprint density at radius 2 is 2.23 bits per heavy atom. The fraction of sp³-hybridized carbons (Fsp3) is 0.562. The van der Waals surface area contributed by atoms with Crippen LogP contribution in [0, 0.1) is 0 Å². The Morgan fingerprint density at radius 1 is 1.41 bits per heavy atom. The van der Waals surface area contributed by atoms with Gasteiger partial charge < -0.3 is 24.8 Å². The number of methoxy groups -OCH3 is 2. The summed E-state index contributed by atoms with van der Waals surface area (Å²) in [6.07, 6.45) is 0.588. The maximum absolute atomic E-state index is 12.1. The molecule has 0 bridgehead atoms. The molecule has 1 aromatic rings. The van der Waals surface area contributed by atoms with Gasteiger partial charge in [-0.25, -0.2) is 0 Å². The molecule has 22 heavy (non-hydrogen) atoms. The Bertz CT molecular complexity index is 507. The summed E-state index contributed by atoms with van der Waals surface area (Å²) in [5.74, 6) is 1.49. The summed E-state index contributed by atoms with van der Waals surface area (Å²) in [6, 6.07) is 5.40. The largest absolute Gasteiger partial charge is 0.497 e. The number of morpholine rings is 1. The molecule has 122 valence electrons. The summed E-state index contributed by atoms with van der Waals surface area (Å²) in [5, 5.41) is 6.12. The summed E-state index contributed by atoms with van der Waals surface area (Å²) in [5.41, 5.74) is 1.03. The molecule has 1 fully saturated rings. The average molecular weight is 308 g/mol. The number of ether oxygens (including phenoxy) is 3. The zero-order valence-corrected chi connectivity index (χ0v) is 13.3. The topological polar surface area (TPSA) is 68.8 Å². The van der Waals surface area contributed by atoms with Crippen molar-refractivity contribution < 1.29 is 19.0 Å². The number of hydrogen-bond donors (Lipinski definition) is 2. The number of amides is 1. The monoisotopic (exact) mass is 308 g/mol. The van der Waals surface area contributed by atoms with Crippen LogP contribution in [0.5, 0.6) is 11.5 Å². The molecule has 0 unspecified atom stereocenters. The van der Waals surface area contributed by atoms with Gasteiger partial charge in [-0.15, -0.1) is 0 Å². The van der Waals surface area contributed by atoms with E-state index in [1.807, 2.05) is 25.1 Å². The number of hydrogen-bond acceptors (Lipinski definition) is 5. The first kappa shape index (κ1) is 16.6. The molecule has 1 amide bonds. The van der Waals surface area contributed by atoms with Gasteiger partial charge in [0.25, 0.3) is 0 Å². The summed E-state index contributed by atoms with van der Waals surface area (Å²) in [4.78, 5) is 12.1. The molecule has 1 heterocycles. The van der Waals surface area contributed by atoms with Gasteiger partial charge in [-0.3, -0.25) is 4.79 Å². The molecule has 1 aliphatic rings. The van der Waals surface area contributed by atoms with E-state index in [0.717, 1.165) is 17.1 Å². The first-order chi connectivity index (χ1) is 10.7. The minimum absolute atomic E-state index is 0.0281. The molecule has 1 aromatic carbocycles. The van der Waals surface area contributed by atoms with Crippen LogP contribution in [0.1, 0.15) is 12.5 Å². The van der Waals surface area contributed by atoms with Crippen molar-refractivity contribution >= 4 is 5.91 Å². The SMILES string of the molecule is COc1ccc(CCNC(=O)[C@H]2NCCO[C@@H]2C)c(OC)c1. The van der Waals surface area contributed by atoms with Gasteiger partial charge in [-0.2, -0.15) is 0 Å². The number of benzene rings is 1. The molecule has 1 aliphatic heterocycles. The summed E-state index contributed by atoms with van der Waals surface area (Å²) in [7, 11) is 3.25. The van der Waals surface area contributed by atoms with Gasteiger partial charge in [-0.1, -0.05) is 6.07 Å². The minimum atomic E-state index is -0.286. The van der Waals surface area contributed by atoms with Gasteiger partial charge in [0.15, 0.2) is 0 Å². The van der Waals surface area contributed by atoms with Crippen LogP contribution >= 0.6 is 0 Å². The highest BCUT2D eigenvalue weighted by Crippen LogP contribution is 2.24. The van der Waals surface area contributed by atoms with E-state index in [4.69, 9.17) is 14.2 Å². The fourth-order valence-electron chi connectivity index (χ4n) is 2.52. The lowest BCUT2D eigenvalue weighted by atomic mass is 10.1. The Labute approximate surface area is 131 Å². The number of rotatable bonds is 6. The second-order valence-electron chi connectivity index (χ2n) is 5.23. The number of carbonyl (C=O) groups excluding carboxylic acids is 1. The molecule has 2 atom stereocenters. The molecule has 0 spiro atoms. The highest BCUT2D eigenvalue weighted by atomic mass is 16.5. The van der Waals surface area contributed by atoms with Crippen LogP contribution in [0.3, 0.4) is 0 Å². The van der Waals surface area contributed by atoms with E-state index >= 15 is 0 Å². The van der Waals surface area contributed by atoms with Gasteiger partial charge in [0.1, 0.15) is 17.5 Å². The second-order valence-corrected chi connectivity index (χ2v) is 5.23. The van der Waals surface area contributed by atoms with Crippen LogP contribution in [0.2, 0.25) is 0 Å². The zero-order valence-electron chi connectivity index (χ0n) is 13.3. The van der Waals surface area contributed by atoms with Crippen molar-refractivity contribution in [2.24, 2.45) is 0 Å². The first-order valence-corrected chi connectivity index (χ1v) is 7.49. The third-order valence-electron chi connectivity index (χ3n) is 3.79. The van der Waals surface area contributed by atoms with Gasteiger partial charge in [0.05, 0.1) is 26.9 Å². The van der Waals surface area contributed by atoms with Gasteiger partial charge in [0.2, 0.25) is 5.91 Å². The summed E-state index contributed by atoms with van der Waals surface area (Å²) < 4.78 is 16.0. The Hall–Kier alpha value is -1.79.